The second kappa shape index (κ2) is 8.99. The molecule has 0 N–H and O–H groups in total. The first-order valence-electron chi connectivity index (χ1n) is 11.2. The van der Waals surface area contributed by atoms with Gasteiger partial charge in [0.25, 0.3) is 0 Å². The molecule has 2 aromatic rings. The van der Waals surface area contributed by atoms with Crippen molar-refractivity contribution >= 4 is 0 Å². The maximum atomic E-state index is 5.71. The van der Waals surface area contributed by atoms with Crippen molar-refractivity contribution in [1.82, 2.24) is 0 Å². The number of aryl methyl sites for hydroxylation is 1. The van der Waals surface area contributed by atoms with E-state index in [-0.39, 0.29) is 0 Å². The largest absolute Gasteiger partial charge is 0.494 e. The predicted molar refractivity (Wildman–Crippen MR) is 119 cm³/mol. The minimum atomic E-state index is 0.772. The molecule has 1 unspecified atom stereocenters. The Balaban J connectivity index is 1.42. The Morgan fingerprint density at radius 3 is 2.36 bits per heavy atom. The lowest BCUT2D eigenvalue weighted by Gasteiger charge is -2.36. The topological polar surface area (TPSA) is 9.23 Å². The molecule has 1 fully saturated rings. The number of hydrogen-bond donors (Lipinski definition) is 0. The molecule has 1 saturated carbocycles. The van der Waals surface area contributed by atoms with Gasteiger partial charge < -0.3 is 4.74 Å². The van der Waals surface area contributed by atoms with Crippen molar-refractivity contribution in [1.29, 1.82) is 0 Å². The highest BCUT2D eigenvalue weighted by molar-refractivity contribution is 5.66. The summed E-state index contributed by atoms with van der Waals surface area (Å²) in [6, 6.07) is 15.7. The van der Waals surface area contributed by atoms with Crippen molar-refractivity contribution in [3.8, 4) is 16.9 Å². The van der Waals surface area contributed by atoms with Crippen LogP contribution in [0.2, 0.25) is 0 Å². The molecule has 0 radical (unpaired) electrons. The second-order valence-electron chi connectivity index (χ2n) is 8.77. The lowest BCUT2D eigenvalue weighted by molar-refractivity contribution is 0.206. The van der Waals surface area contributed by atoms with Gasteiger partial charge in [-0.2, -0.15) is 0 Å². The Kier molecular flexibility index (Phi) is 6.20. The highest BCUT2D eigenvalue weighted by Crippen LogP contribution is 2.40. The molecule has 0 amide bonds. The lowest BCUT2D eigenvalue weighted by atomic mass is 9.69. The molecule has 0 saturated heterocycles. The summed E-state index contributed by atoms with van der Waals surface area (Å²) in [6.07, 6.45) is 12.6. The van der Waals surface area contributed by atoms with E-state index in [9.17, 15) is 0 Å². The molecule has 2 aliphatic carbocycles. The third-order valence-electron chi connectivity index (χ3n) is 6.95. The standard InChI is InChI=1S/C27H34O/c1-3-17-28-27-15-13-22(14-16-27)24-10-12-25-18-23(9-11-26(25)19-24)21-7-5-20(4-2)6-8-21/h4,10,12-16,19-21,23H,2-3,5-9,11,17-18H2,1H3. The molecule has 148 valence electrons. The van der Waals surface area contributed by atoms with E-state index in [0.717, 1.165) is 36.5 Å². The first kappa shape index (κ1) is 19.3. The van der Waals surface area contributed by atoms with Crippen molar-refractivity contribution in [2.45, 2.75) is 58.3 Å². The molecule has 0 spiro atoms. The normalized spacial score (nSPS) is 24.4. The molecule has 2 aliphatic rings. The van der Waals surface area contributed by atoms with Crippen LogP contribution in [-0.4, -0.2) is 6.61 Å². The van der Waals surface area contributed by atoms with E-state index in [1.54, 1.807) is 11.1 Å². The molecule has 2 aromatic carbocycles. The van der Waals surface area contributed by atoms with E-state index in [0.29, 0.717) is 0 Å². The van der Waals surface area contributed by atoms with Crippen LogP contribution in [0.15, 0.2) is 55.1 Å². The Labute approximate surface area is 170 Å². The third-order valence-corrected chi connectivity index (χ3v) is 6.95. The van der Waals surface area contributed by atoms with E-state index >= 15 is 0 Å². The number of benzene rings is 2. The highest BCUT2D eigenvalue weighted by Gasteiger charge is 2.29. The van der Waals surface area contributed by atoms with E-state index in [1.165, 1.54) is 56.1 Å². The number of fused-ring (bicyclic) bond motifs is 1. The van der Waals surface area contributed by atoms with Gasteiger partial charge in [0.05, 0.1) is 6.61 Å². The second-order valence-corrected chi connectivity index (χ2v) is 8.77. The molecule has 0 bridgehead atoms. The molecule has 28 heavy (non-hydrogen) atoms. The van der Waals surface area contributed by atoms with Crippen molar-refractivity contribution in [3.05, 3.63) is 66.2 Å². The van der Waals surface area contributed by atoms with Crippen LogP contribution in [0, 0.1) is 17.8 Å². The van der Waals surface area contributed by atoms with Crippen LogP contribution in [0.5, 0.6) is 5.75 Å². The van der Waals surface area contributed by atoms with Crippen LogP contribution in [0.4, 0.5) is 0 Å². The number of hydrogen-bond acceptors (Lipinski definition) is 1. The quantitative estimate of drug-likeness (QED) is 0.484. The van der Waals surface area contributed by atoms with Crippen LogP contribution in [0.1, 0.15) is 56.6 Å². The summed E-state index contributed by atoms with van der Waals surface area (Å²) in [7, 11) is 0. The van der Waals surface area contributed by atoms with E-state index in [4.69, 9.17) is 4.74 Å². The van der Waals surface area contributed by atoms with Gasteiger partial charge in [-0.1, -0.05) is 43.3 Å². The number of allylic oxidation sites excluding steroid dienone is 1. The molecule has 0 aromatic heterocycles. The average molecular weight is 375 g/mol. The van der Waals surface area contributed by atoms with Crippen LogP contribution in [0.3, 0.4) is 0 Å². The van der Waals surface area contributed by atoms with E-state index in [1.807, 2.05) is 0 Å². The molecule has 1 nitrogen and oxygen atoms in total. The van der Waals surface area contributed by atoms with Crippen LogP contribution >= 0.6 is 0 Å². The van der Waals surface area contributed by atoms with Gasteiger partial charge in [0, 0.05) is 0 Å². The lowest BCUT2D eigenvalue weighted by Crippen LogP contribution is -2.26. The molecular weight excluding hydrogens is 340 g/mol. The van der Waals surface area contributed by atoms with Crippen molar-refractivity contribution in [3.63, 3.8) is 0 Å². The van der Waals surface area contributed by atoms with Gasteiger partial charge in [0.2, 0.25) is 0 Å². The van der Waals surface area contributed by atoms with Crippen molar-refractivity contribution < 1.29 is 4.74 Å². The van der Waals surface area contributed by atoms with Crippen LogP contribution in [-0.2, 0) is 12.8 Å². The molecule has 1 heteroatoms. The van der Waals surface area contributed by atoms with Crippen molar-refractivity contribution in [2.75, 3.05) is 6.61 Å². The minimum absolute atomic E-state index is 0.772. The smallest absolute Gasteiger partial charge is 0.119 e. The van der Waals surface area contributed by atoms with Gasteiger partial charge >= 0.3 is 0 Å². The Morgan fingerprint density at radius 2 is 1.64 bits per heavy atom. The predicted octanol–water partition coefficient (Wildman–Crippen LogP) is 7.24. The van der Waals surface area contributed by atoms with Gasteiger partial charge in [-0.25, -0.2) is 0 Å². The SMILES string of the molecule is C=CC1CCC(C2CCc3cc(-c4ccc(OCCC)cc4)ccc3C2)CC1. The summed E-state index contributed by atoms with van der Waals surface area (Å²) in [4.78, 5) is 0. The number of rotatable bonds is 6. The summed E-state index contributed by atoms with van der Waals surface area (Å²) < 4.78 is 5.71. The molecule has 1 atom stereocenters. The summed E-state index contributed by atoms with van der Waals surface area (Å²) in [5.74, 6) is 3.56. The first-order chi connectivity index (χ1) is 13.8. The zero-order valence-corrected chi connectivity index (χ0v) is 17.3. The summed E-state index contributed by atoms with van der Waals surface area (Å²) in [5.41, 5.74) is 5.79. The monoisotopic (exact) mass is 374 g/mol. The van der Waals surface area contributed by atoms with Gasteiger partial charge in [0.1, 0.15) is 5.75 Å². The third kappa shape index (κ3) is 4.35. The molecule has 0 aliphatic heterocycles. The van der Waals surface area contributed by atoms with Crippen LogP contribution < -0.4 is 4.74 Å². The molecule has 4 rings (SSSR count). The highest BCUT2D eigenvalue weighted by atomic mass is 16.5. The van der Waals surface area contributed by atoms with E-state index in [2.05, 4.69) is 62.0 Å². The van der Waals surface area contributed by atoms with Crippen LogP contribution in [0.25, 0.3) is 11.1 Å². The van der Waals surface area contributed by atoms with Gasteiger partial charge in [-0.3, -0.25) is 0 Å². The van der Waals surface area contributed by atoms with Crippen molar-refractivity contribution in [2.24, 2.45) is 17.8 Å². The average Bonchev–Trinajstić information content (AvgIpc) is 2.77. The van der Waals surface area contributed by atoms with Gasteiger partial charge in [0.15, 0.2) is 0 Å². The maximum Gasteiger partial charge on any atom is 0.119 e. The Hall–Kier alpha value is -2.02. The fourth-order valence-electron chi connectivity index (χ4n) is 5.18. The molecule has 0 heterocycles. The van der Waals surface area contributed by atoms with Gasteiger partial charge in [-0.15, -0.1) is 6.58 Å². The zero-order valence-electron chi connectivity index (χ0n) is 17.3. The Morgan fingerprint density at radius 1 is 0.893 bits per heavy atom. The first-order valence-corrected chi connectivity index (χ1v) is 11.2. The summed E-state index contributed by atoms with van der Waals surface area (Å²) >= 11 is 0. The Bertz CT molecular complexity index is 780. The zero-order chi connectivity index (χ0) is 19.3. The van der Waals surface area contributed by atoms with Gasteiger partial charge in [-0.05, 0) is 104 Å². The summed E-state index contributed by atoms with van der Waals surface area (Å²) in [5, 5.41) is 0. The summed E-state index contributed by atoms with van der Waals surface area (Å²) in [6.45, 7) is 6.92. The number of ether oxygens (including phenoxy) is 1. The molecular formula is C27H34O. The fourth-order valence-corrected chi connectivity index (χ4v) is 5.18. The maximum absolute atomic E-state index is 5.71. The fraction of sp³-hybridized carbons (Fsp3) is 0.481. The minimum Gasteiger partial charge on any atom is -0.494 e. The van der Waals surface area contributed by atoms with E-state index < -0.39 is 0 Å².